The second-order valence-corrected chi connectivity index (χ2v) is 14.8. The summed E-state index contributed by atoms with van der Waals surface area (Å²) in [7, 11) is 0. The second-order valence-electron chi connectivity index (χ2n) is 14.8. The molecule has 1 aliphatic carbocycles. The standard InChI is InChI=1S/C43H47NO6/c1-43(2,3)36-24-18-29(17-23-32(25-28-11-5-4-6-12-28)49-42(48)31-21-19-30(20-22-31)41(46)47)26-37(36)44-40(45)27-35-33-13-7-9-15-38(33)50-39-16-10-8-14-34(35)39/h7-10,13-16,18-22,24,26,28,32,35H,4-6,11-12,17,23,25,27H2,1-3H3,(H,44,45)(H,46,47). The van der Waals surface area contributed by atoms with Crippen LogP contribution in [-0.2, 0) is 21.4 Å². The molecule has 7 heteroatoms. The number of fused-ring (bicyclic) bond motifs is 2. The molecule has 4 aromatic rings. The summed E-state index contributed by atoms with van der Waals surface area (Å²) in [6, 6.07) is 28.0. The number of carboxylic acid groups (broad SMARTS) is 1. The molecule has 0 spiro atoms. The smallest absolute Gasteiger partial charge is 0.338 e. The summed E-state index contributed by atoms with van der Waals surface area (Å²) in [5.41, 5.74) is 5.19. The zero-order chi connectivity index (χ0) is 35.3. The van der Waals surface area contributed by atoms with E-state index in [1.165, 1.54) is 43.5 Å². The molecule has 7 nitrogen and oxygen atoms in total. The normalized spacial score (nSPS) is 15.3. The molecule has 0 radical (unpaired) electrons. The van der Waals surface area contributed by atoms with Crippen molar-refractivity contribution < 1.29 is 29.0 Å². The van der Waals surface area contributed by atoms with E-state index in [1.54, 1.807) is 0 Å². The van der Waals surface area contributed by atoms with Crippen LogP contribution < -0.4 is 10.1 Å². The number of carbonyl (C=O) groups excluding carboxylic acids is 2. The third-order valence-corrected chi connectivity index (χ3v) is 10.1. The van der Waals surface area contributed by atoms with Crippen LogP contribution in [0.5, 0.6) is 11.5 Å². The zero-order valence-corrected chi connectivity index (χ0v) is 29.2. The molecule has 1 heterocycles. The molecular weight excluding hydrogens is 626 g/mol. The van der Waals surface area contributed by atoms with Crippen LogP contribution >= 0.6 is 0 Å². The van der Waals surface area contributed by atoms with Gasteiger partial charge < -0.3 is 19.9 Å². The number of nitrogens with one attached hydrogen (secondary N) is 1. The molecule has 0 aromatic heterocycles. The van der Waals surface area contributed by atoms with Gasteiger partial charge in [0.25, 0.3) is 0 Å². The summed E-state index contributed by atoms with van der Waals surface area (Å²) in [4.78, 5) is 38.4. The Labute approximate surface area is 295 Å². The summed E-state index contributed by atoms with van der Waals surface area (Å²) in [6.45, 7) is 6.43. The number of carbonyl (C=O) groups is 3. The van der Waals surface area contributed by atoms with Crippen LogP contribution in [0.1, 0.15) is 121 Å². The average molecular weight is 674 g/mol. The largest absolute Gasteiger partial charge is 0.478 e. The first-order chi connectivity index (χ1) is 24.0. The van der Waals surface area contributed by atoms with E-state index < -0.39 is 11.9 Å². The SMILES string of the molecule is CC(C)(C)c1ccc(CCC(CC2CCCCC2)OC(=O)c2ccc(C(=O)O)cc2)cc1NC(=O)CC1c2ccccc2Oc2ccccc21. The molecule has 1 atom stereocenters. The molecule has 260 valence electrons. The van der Waals surface area contributed by atoms with Crippen LogP contribution in [0.4, 0.5) is 5.69 Å². The monoisotopic (exact) mass is 673 g/mol. The number of aromatic carboxylic acids is 1. The van der Waals surface area contributed by atoms with E-state index in [2.05, 4.69) is 44.3 Å². The van der Waals surface area contributed by atoms with Crippen molar-refractivity contribution in [3.8, 4) is 11.5 Å². The van der Waals surface area contributed by atoms with Crippen LogP contribution in [0.2, 0.25) is 0 Å². The van der Waals surface area contributed by atoms with Gasteiger partial charge in [0, 0.05) is 29.2 Å². The van der Waals surface area contributed by atoms with Gasteiger partial charge in [-0.2, -0.15) is 0 Å². The summed E-state index contributed by atoms with van der Waals surface area (Å²) < 4.78 is 12.3. The fourth-order valence-electron chi connectivity index (χ4n) is 7.44. The minimum absolute atomic E-state index is 0.0674. The Bertz CT molecular complexity index is 1790. The molecule has 1 fully saturated rings. The van der Waals surface area contributed by atoms with E-state index in [0.29, 0.717) is 24.3 Å². The first kappa shape index (κ1) is 34.9. The van der Waals surface area contributed by atoms with Gasteiger partial charge in [-0.3, -0.25) is 4.79 Å². The topological polar surface area (TPSA) is 102 Å². The first-order valence-electron chi connectivity index (χ1n) is 17.9. The van der Waals surface area contributed by atoms with Crippen molar-refractivity contribution in [2.24, 2.45) is 5.92 Å². The van der Waals surface area contributed by atoms with Crippen LogP contribution in [-0.4, -0.2) is 29.1 Å². The van der Waals surface area contributed by atoms with Gasteiger partial charge in [-0.1, -0.05) is 101 Å². The number of hydrogen-bond donors (Lipinski definition) is 2. The van der Waals surface area contributed by atoms with Crippen LogP contribution in [0, 0.1) is 5.92 Å². The van der Waals surface area contributed by atoms with Gasteiger partial charge in [0.2, 0.25) is 5.91 Å². The number of aryl methyl sites for hydroxylation is 1. The summed E-state index contributed by atoms with van der Waals surface area (Å²) >= 11 is 0. The Kier molecular flexibility index (Phi) is 10.7. The Morgan fingerprint density at radius 1 is 0.840 bits per heavy atom. The number of hydrogen-bond acceptors (Lipinski definition) is 5. The van der Waals surface area contributed by atoms with Crippen LogP contribution in [0.15, 0.2) is 91.0 Å². The highest BCUT2D eigenvalue weighted by Gasteiger charge is 2.30. The lowest BCUT2D eigenvalue weighted by atomic mass is 9.83. The quantitative estimate of drug-likeness (QED) is 0.154. The van der Waals surface area contributed by atoms with E-state index >= 15 is 0 Å². The Morgan fingerprint density at radius 3 is 2.08 bits per heavy atom. The zero-order valence-electron chi connectivity index (χ0n) is 29.2. The third kappa shape index (κ3) is 8.44. The van der Waals surface area contributed by atoms with Gasteiger partial charge in [0.15, 0.2) is 0 Å². The van der Waals surface area contributed by atoms with Crippen molar-refractivity contribution in [3.05, 3.63) is 124 Å². The van der Waals surface area contributed by atoms with Gasteiger partial charge >= 0.3 is 11.9 Å². The number of anilines is 1. The lowest BCUT2D eigenvalue weighted by Crippen LogP contribution is -2.24. The molecule has 1 unspecified atom stereocenters. The fraction of sp³-hybridized carbons (Fsp3) is 0.372. The van der Waals surface area contributed by atoms with Gasteiger partial charge in [-0.05, 0) is 84.2 Å². The molecule has 50 heavy (non-hydrogen) atoms. The molecule has 1 saturated carbocycles. The van der Waals surface area contributed by atoms with Crippen molar-refractivity contribution in [3.63, 3.8) is 0 Å². The molecule has 4 aromatic carbocycles. The molecule has 2 N–H and O–H groups in total. The third-order valence-electron chi connectivity index (χ3n) is 10.1. The Hall–Kier alpha value is -4.91. The second kappa shape index (κ2) is 15.3. The van der Waals surface area contributed by atoms with Gasteiger partial charge in [-0.25, -0.2) is 9.59 Å². The van der Waals surface area contributed by atoms with E-state index in [4.69, 9.17) is 9.47 Å². The van der Waals surface area contributed by atoms with E-state index in [1.807, 2.05) is 48.5 Å². The predicted octanol–water partition coefficient (Wildman–Crippen LogP) is 10.1. The number of amides is 1. The highest BCUT2D eigenvalue weighted by Crippen LogP contribution is 2.45. The van der Waals surface area contributed by atoms with Crippen molar-refractivity contribution in [1.82, 2.24) is 0 Å². The molecule has 1 aliphatic heterocycles. The number of carboxylic acids is 1. The predicted molar refractivity (Wildman–Crippen MR) is 195 cm³/mol. The number of esters is 1. The van der Waals surface area contributed by atoms with Crippen molar-refractivity contribution in [1.29, 1.82) is 0 Å². The van der Waals surface area contributed by atoms with E-state index in [-0.39, 0.29) is 35.3 Å². The number of para-hydroxylation sites is 2. The maximum absolute atomic E-state index is 13.9. The number of rotatable bonds is 11. The maximum atomic E-state index is 13.9. The fourth-order valence-corrected chi connectivity index (χ4v) is 7.44. The number of ether oxygens (including phenoxy) is 2. The van der Waals surface area contributed by atoms with Gasteiger partial charge in [0.1, 0.15) is 17.6 Å². The summed E-state index contributed by atoms with van der Waals surface area (Å²) in [6.07, 6.45) is 8.05. The molecule has 0 saturated heterocycles. The molecule has 2 aliphatic rings. The average Bonchev–Trinajstić information content (AvgIpc) is 3.10. The summed E-state index contributed by atoms with van der Waals surface area (Å²) in [5, 5.41) is 12.5. The molecule has 6 rings (SSSR count). The number of benzene rings is 4. The lowest BCUT2D eigenvalue weighted by molar-refractivity contribution is -0.116. The highest BCUT2D eigenvalue weighted by molar-refractivity contribution is 5.93. The van der Waals surface area contributed by atoms with Crippen molar-refractivity contribution in [2.45, 2.75) is 96.0 Å². The van der Waals surface area contributed by atoms with E-state index in [0.717, 1.165) is 58.7 Å². The van der Waals surface area contributed by atoms with Crippen LogP contribution in [0.3, 0.4) is 0 Å². The maximum Gasteiger partial charge on any atom is 0.338 e. The highest BCUT2D eigenvalue weighted by atomic mass is 16.5. The van der Waals surface area contributed by atoms with Crippen LogP contribution in [0.25, 0.3) is 0 Å². The van der Waals surface area contributed by atoms with Gasteiger partial charge in [-0.15, -0.1) is 0 Å². The Balaban J connectivity index is 1.19. The van der Waals surface area contributed by atoms with Gasteiger partial charge in [0.05, 0.1) is 11.1 Å². The Morgan fingerprint density at radius 2 is 1.46 bits per heavy atom. The molecule has 1 amide bonds. The molecule has 0 bridgehead atoms. The minimum atomic E-state index is -1.03. The minimum Gasteiger partial charge on any atom is -0.478 e. The summed E-state index contributed by atoms with van der Waals surface area (Å²) in [5.74, 6) is 0.399. The van der Waals surface area contributed by atoms with Crippen molar-refractivity contribution in [2.75, 3.05) is 5.32 Å². The lowest BCUT2D eigenvalue weighted by Gasteiger charge is -2.29. The first-order valence-corrected chi connectivity index (χ1v) is 17.9. The van der Waals surface area contributed by atoms with Crippen molar-refractivity contribution >= 4 is 23.5 Å². The van der Waals surface area contributed by atoms with E-state index in [9.17, 15) is 19.5 Å². The molecular formula is C43H47NO6.